The first-order chi connectivity index (χ1) is 5.20. The minimum atomic E-state index is -1.23. The lowest BCUT2D eigenvalue weighted by atomic mass is 9.84. The number of imidazole rings is 1. The van der Waals surface area contributed by atoms with E-state index in [2.05, 4.69) is 4.98 Å². The van der Waals surface area contributed by atoms with E-state index in [1.54, 1.807) is 6.20 Å². The monoisotopic (exact) mass is 154 g/mol. The Morgan fingerprint density at radius 1 is 1.64 bits per heavy atom. The van der Waals surface area contributed by atoms with Gasteiger partial charge in [-0.05, 0) is 6.32 Å². The van der Waals surface area contributed by atoms with E-state index in [1.165, 1.54) is 0 Å². The average Bonchev–Trinajstić information content (AvgIpc) is 2.31. The molecule has 1 aromatic rings. The van der Waals surface area contributed by atoms with E-state index in [1.807, 2.05) is 17.8 Å². The van der Waals surface area contributed by atoms with Crippen molar-refractivity contribution in [1.29, 1.82) is 0 Å². The Kier molecular flexibility index (Phi) is 2.67. The summed E-state index contributed by atoms with van der Waals surface area (Å²) in [5.41, 5.74) is 0. The summed E-state index contributed by atoms with van der Waals surface area (Å²) in [6.45, 7) is 0. The van der Waals surface area contributed by atoms with Crippen molar-refractivity contribution in [1.82, 2.24) is 9.55 Å². The molecule has 2 N–H and O–H groups in total. The van der Waals surface area contributed by atoms with Gasteiger partial charge < -0.3 is 14.6 Å². The first kappa shape index (κ1) is 8.29. The molecule has 4 nitrogen and oxygen atoms in total. The maximum absolute atomic E-state index is 8.56. The standard InChI is InChI=1S/C6H11BN2O2/c1-9-5-4-8-6(9)2-3-7(10)11/h4-5,10-11H,2-3H2,1H3. The third kappa shape index (κ3) is 2.36. The quantitative estimate of drug-likeness (QED) is 0.573. The third-order valence-corrected chi connectivity index (χ3v) is 1.55. The molecular weight excluding hydrogens is 143 g/mol. The zero-order chi connectivity index (χ0) is 8.27. The van der Waals surface area contributed by atoms with E-state index < -0.39 is 7.12 Å². The summed E-state index contributed by atoms with van der Waals surface area (Å²) in [4.78, 5) is 4.03. The molecule has 5 heteroatoms. The molecule has 0 atom stereocenters. The summed E-state index contributed by atoms with van der Waals surface area (Å²) in [7, 11) is 0.651. The molecule has 0 aliphatic heterocycles. The number of hydrogen-bond acceptors (Lipinski definition) is 3. The van der Waals surface area contributed by atoms with Crippen LogP contribution in [0.1, 0.15) is 5.82 Å². The summed E-state index contributed by atoms with van der Waals surface area (Å²) in [5, 5.41) is 17.1. The van der Waals surface area contributed by atoms with E-state index in [9.17, 15) is 0 Å². The Labute approximate surface area is 65.6 Å². The average molecular weight is 154 g/mol. The lowest BCUT2D eigenvalue weighted by Crippen LogP contribution is -2.12. The summed E-state index contributed by atoms with van der Waals surface area (Å²) < 4.78 is 1.86. The van der Waals surface area contributed by atoms with Crippen LogP contribution in [0.5, 0.6) is 0 Å². The fourth-order valence-electron chi connectivity index (χ4n) is 0.896. The summed E-state index contributed by atoms with van der Waals surface area (Å²) in [6.07, 6.45) is 4.46. The molecule has 0 amide bonds. The minimum absolute atomic E-state index is 0.338. The van der Waals surface area contributed by atoms with Crippen LogP contribution < -0.4 is 0 Å². The third-order valence-electron chi connectivity index (χ3n) is 1.55. The van der Waals surface area contributed by atoms with Crippen LogP contribution in [0.25, 0.3) is 0 Å². The summed E-state index contributed by atoms with van der Waals surface area (Å²) in [6, 6.07) is 0. The largest absolute Gasteiger partial charge is 0.451 e. The molecule has 0 aliphatic rings. The van der Waals surface area contributed by atoms with Gasteiger partial charge in [0.2, 0.25) is 0 Å². The zero-order valence-corrected chi connectivity index (χ0v) is 6.44. The van der Waals surface area contributed by atoms with Crippen LogP contribution in [0.2, 0.25) is 6.32 Å². The molecule has 0 saturated heterocycles. The van der Waals surface area contributed by atoms with Crippen LogP contribution in [0.15, 0.2) is 12.4 Å². The normalized spacial score (nSPS) is 10.1. The molecular formula is C6H11BN2O2. The van der Waals surface area contributed by atoms with E-state index in [0.717, 1.165) is 5.82 Å². The van der Waals surface area contributed by atoms with Crippen LogP contribution in [0.3, 0.4) is 0 Å². The molecule has 0 radical (unpaired) electrons. The highest BCUT2D eigenvalue weighted by Crippen LogP contribution is 1.99. The van der Waals surface area contributed by atoms with Crippen LogP contribution in [0.4, 0.5) is 0 Å². The molecule has 0 unspecified atom stereocenters. The number of hydrogen-bond donors (Lipinski definition) is 2. The molecule has 1 aromatic heterocycles. The van der Waals surface area contributed by atoms with Crippen molar-refractivity contribution in [3.8, 4) is 0 Å². The van der Waals surface area contributed by atoms with Gasteiger partial charge in [0.15, 0.2) is 0 Å². The smallest absolute Gasteiger partial charge is 0.427 e. The highest BCUT2D eigenvalue weighted by atomic mass is 16.4. The van der Waals surface area contributed by atoms with Gasteiger partial charge in [0.25, 0.3) is 0 Å². The van der Waals surface area contributed by atoms with Gasteiger partial charge in [-0.2, -0.15) is 0 Å². The first-order valence-corrected chi connectivity index (χ1v) is 3.52. The van der Waals surface area contributed by atoms with E-state index in [-0.39, 0.29) is 0 Å². The number of aromatic nitrogens is 2. The molecule has 1 heterocycles. The lowest BCUT2D eigenvalue weighted by Gasteiger charge is -1.99. The van der Waals surface area contributed by atoms with Crippen molar-refractivity contribution in [3.63, 3.8) is 0 Å². The maximum atomic E-state index is 8.56. The van der Waals surface area contributed by atoms with Gasteiger partial charge in [0.05, 0.1) is 0 Å². The highest BCUT2D eigenvalue weighted by molar-refractivity contribution is 6.40. The van der Waals surface area contributed by atoms with Crippen molar-refractivity contribution < 1.29 is 10.0 Å². The first-order valence-electron chi connectivity index (χ1n) is 3.52. The molecule has 1 rings (SSSR count). The van der Waals surface area contributed by atoms with Gasteiger partial charge in [0.1, 0.15) is 5.82 Å². The summed E-state index contributed by atoms with van der Waals surface area (Å²) in [5.74, 6) is 0.873. The van der Waals surface area contributed by atoms with Crippen molar-refractivity contribution in [2.45, 2.75) is 12.7 Å². The molecule has 0 saturated carbocycles. The van der Waals surface area contributed by atoms with Gasteiger partial charge in [-0.15, -0.1) is 0 Å². The maximum Gasteiger partial charge on any atom is 0.451 e. The molecule has 60 valence electrons. The van der Waals surface area contributed by atoms with Gasteiger partial charge in [-0.25, -0.2) is 4.98 Å². The molecule has 0 aromatic carbocycles. The van der Waals surface area contributed by atoms with Crippen molar-refractivity contribution >= 4 is 7.12 Å². The Morgan fingerprint density at radius 3 is 2.82 bits per heavy atom. The van der Waals surface area contributed by atoms with Crippen LogP contribution in [-0.2, 0) is 13.5 Å². The highest BCUT2D eigenvalue weighted by Gasteiger charge is 2.08. The second-order valence-corrected chi connectivity index (χ2v) is 2.47. The number of aryl methyl sites for hydroxylation is 2. The van der Waals surface area contributed by atoms with Gasteiger partial charge in [-0.3, -0.25) is 0 Å². The second-order valence-electron chi connectivity index (χ2n) is 2.47. The molecule has 0 fully saturated rings. The number of rotatable bonds is 3. The van der Waals surface area contributed by atoms with Crippen LogP contribution in [0, 0.1) is 0 Å². The van der Waals surface area contributed by atoms with Crippen LogP contribution in [-0.4, -0.2) is 26.7 Å². The predicted molar refractivity (Wildman–Crippen MR) is 41.9 cm³/mol. The van der Waals surface area contributed by atoms with Gasteiger partial charge >= 0.3 is 7.12 Å². The van der Waals surface area contributed by atoms with Crippen molar-refractivity contribution in [3.05, 3.63) is 18.2 Å². The van der Waals surface area contributed by atoms with E-state index in [4.69, 9.17) is 10.0 Å². The fraction of sp³-hybridized carbons (Fsp3) is 0.500. The van der Waals surface area contributed by atoms with Crippen LogP contribution >= 0.6 is 0 Å². The summed E-state index contributed by atoms with van der Waals surface area (Å²) >= 11 is 0. The minimum Gasteiger partial charge on any atom is -0.427 e. The van der Waals surface area contributed by atoms with E-state index in [0.29, 0.717) is 12.7 Å². The Balaban J connectivity index is 2.44. The Morgan fingerprint density at radius 2 is 2.36 bits per heavy atom. The van der Waals surface area contributed by atoms with Gasteiger partial charge in [0, 0.05) is 25.9 Å². The number of nitrogens with zero attached hydrogens (tertiary/aromatic N) is 2. The van der Waals surface area contributed by atoms with E-state index >= 15 is 0 Å². The fourth-order valence-corrected chi connectivity index (χ4v) is 0.896. The van der Waals surface area contributed by atoms with Crippen molar-refractivity contribution in [2.75, 3.05) is 0 Å². The van der Waals surface area contributed by atoms with Crippen molar-refractivity contribution in [2.24, 2.45) is 7.05 Å². The molecule has 0 aliphatic carbocycles. The van der Waals surface area contributed by atoms with Gasteiger partial charge in [-0.1, -0.05) is 0 Å². The predicted octanol–water partition coefficient (Wildman–Crippen LogP) is -0.565. The Bertz CT molecular complexity index is 224. The second kappa shape index (κ2) is 3.55. The lowest BCUT2D eigenvalue weighted by molar-refractivity contribution is 0.404. The molecule has 11 heavy (non-hydrogen) atoms. The molecule has 0 spiro atoms. The topological polar surface area (TPSA) is 58.3 Å². The SMILES string of the molecule is Cn1ccnc1CCB(O)O. The molecule has 0 bridgehead atoms. The Hall–Kier alpha value is -0.805. The zero-order valence-electron chi connectivity index (χ0n) is 6.44.